The number of aromatic nitrogens is 2. The predicted molar refractivity (Wildman–Crippen MR) is 72.1 cm³/mol. The van der Waals surface area contributed by atoms with Crippen molar-refractivity contribution in [3.8, 4) is 5.75 Å². The van der Waals surface area contributed by atoms with Gasteiger partial charge in [-0.1, -0.05) is 18.2 Å². The highest BCUT2D eigenvalue weighted by atomic mass is 16.5. The second-order valence-electron chi connectivity index (χ2n) is 4.15. The first kappa shape index (κ1) is 13.1. The van der Waals surface area contributed by atoms with Crippen LogP contribution in [0.25, 0.3) is 0 Å². The molecule has 0 saturated carbocycles. The van der Waals surface area contributed by atoms with Crippen molar-refractivity contribution in [3.63, 3.8) is 0 Å². The maximum absolute atomic E-state index is 12.1. The average Bonchev–Trinajstić information content (AvgIpc) is 2.94. The summed E-state index contributed by atoms with van der Waals surface area (Å²) in [7, 11) is 1.76. The van der Waals surface area contributed by atoms with Gasteiger partial charge in [-0.25, -0.2) is 9.78 Å². The Morgan fingerprint density at radius 2 is 2.21 bits per heavy atom. The summed E-state index contributed by atoms with van der Waals surface area (Å²) in [5, 5.41) is 0. The number of carbonyl (C=O) groups is 1. The van der Waals surface area contributed by atoms with E-state index in [1.54, 1.807) is 24.3 Å². The molecule has 0 aliphatic heterocycles. The molecule has 0 atom stereocenters. The molecule has 0 radical (unpaired) electrons. The van der Waals surface area contributed by atoms with Crippen LogP contribution in [0.15, 0.2) is 43.0 Å². The fourth-order valence-corrected chi connectivity index (χ4v) is 1.82. The summed E-state index contributed by atoms with van der Waals surface area (Å²) in [5.41, 5.74) is 0.986. The number of ether oxygens (including phenoxy) is 1. The van der Waals surface area contributed by atoms with Crippen molar-refractivity contribution in [2.75, 3.05) is 13.7 Å². The Kier molecular flexibility index (Phi) is 4.18. The standard InChI is InChI=1S/C14H17N3O2/c1-3-19-13-7-5-4-6-12(13)10-16(2)14(18)17-9-8-15-11-17/h4-9,11H,3,10H2,1-2H3. The van der Waals surface area contributed by atoms with Gasteiger partial charge in [0.05, 0.1) is 13.2 Å². The lowest BCUT2D eigenvalue weighted by Crippen LogP contribution is -2.30. The highest BCUT2D eigenvalue weighted by Gasteiger charge is 2.13. The molecule has 0 aliphatic rings. The van der Waals surface area contributed by atoms with Crippen molar-refractivity contribution < 1.29 is 9.53 Å². The molecule has 1 amide bonds. The molecular formula is C14H17N3O2. The van der Waals surface area contributed by atoms with Crippen LogP contribution < -0.4 is 4.74 Å². The summed E-state index contributed by atoms with van der Waals surface area (Å²) in [6, 6.07) is 7.61. The van der Waals surface area contributed by atoms with E-state index < -0.39 is 0 Å². The number of benzene rings is 1. The van der Waals surface area contributed by atoms with Crippen molar-refractivity contribution in [2.45, 2.75) is 13.5 Å². The van der Waals surface area contributed by atoms with Gasteiger partial charge in [-0.15, -0.1) is 0 Å². The molecule has 0 saturated heterocycles. The van der Waals surface area contributed by atoms with Gasteiger partial charge in [-0.2, -0.15) is 0 Å². The Morgan fingerprint density at radius 1 is 1.42 bits per heavy atom. The van der Waals surface area contributed by atoms with Crippen LogP contribution in [-0.2, 0) is 6.54 Å². The van der Waals surface area contributed by atoms with Gasteiger partial charge in [0.15, 0.2) is 0 Å². The Balaban J connectivity index is 2.10. The molecule has 5 nitrogen and oxygen atoms in total. The van der Waals surface area contributed by atoms with E-state index in [1.165, 1.54) is 10.9 Å². The zero-order valence-electron chi connectivity index (χ0n) is 11.1. The van der Waals surface area contributed by atoms with Gasteiger partial charge >= 0.3 is 6.03 Å². The average molecular weight is 259 g/mol. The SMILES string of the molecule is CCOc1ccccc1CN(C)C(=O)n1ccnc1. The molecule has 0 bridgehead atoms. The Labute approximate surface area is 112 Å². The number of rotatable bonds is 4. The smallest absolute Gasteiger partial charge is 0.329 e. The molecular weight excluding hydrogens is 242 g/mol. The van der Waals surface area contributed by atoms with Crippen LogP contribution in [0.3, 0.4) is 0 Å². The van der Waals surface area contributed by atoms with Gasteiger partial charge in [-0.05, 0) is 13.0 Å². The molecule has 100 valence electrons. The summed E-state index contributed by atoms with van der Waals surface area (Å²) in [5.74, 6) is 0.815. The van der Waals surface area contributed by atoms with Crippen molar-refractivity contribution in [1.82, 2.24) is 14.5 Å². The topological polar surface area (TPSA) is 47.4 Å². The lowest BCUT2D eigenvalue weighted by atomic mass is 10.2. The van der Waals surface area contributed by atoms with Crippen molar-refractivity contribution in [2.24, 2.45) is 0 Å². The summed E-state index contributed by atoms with van der Waals surface area (Å²) < 4.78 is 7.00. The van der Waals surface area contributed by atoms with Crippen LogP contribution in [0.4, 0.5) is 4.79 Å². The largest absolute Gasteiger partial charge is 0.494 e. The maximum atomic E-state index is 12.1. The molecule has 0 unspecified atom stereocenters. The molecule has 0 fully saturated rings. The molecule has 2 rings (SSSR count). The summed E-state index contributed by atoms with van der Waals surface area (Å²) in [6.45, 7) is 3.04. The van der Waals surface area contributed by atoms with Gasteiger partial charge in [0.2, 0.25) is 0 Å². The molecule has 19 heavy (non-hydrogen) atoms. The molecule has 5 heteroatoms. The molecule has 0 spiro atoms. The minimum atomic E-state index is -0.121. The number of carbonyl (C=O) groups excluding carboxylic acids is 1. The van der Waals surface area contributed by atoms with E-state index in [-0.39, 0.29) is 6.03 Å². The first-order valence-corrected chi connectivity index (χ1v) is 6.16. The number of hydrogen-bond donors (Lipinski definition) is 0. The second kappa shape index (κ2) is 6.04. The van der Waals surface area contributed by atoms with Crippen LogP contribution >= 0.6 is 0 Å². The zero-order chi connectivity index (χ0) is 13.7. The van der Waals surface area contributed by atoms with E-state index in [1.807, 2.05) is 31.2 Å². The molecule has 2 aromatic rings. The van der Waals surface area contributed by atoms with Crippen LogP contribution in [0.5, 0.6) is 5.75 Å². The number of para-hydroxylation sites is 1. The van der Waals surface area contributed by atoms with E-state index in [0.29, 0.717) is 13.2 Å². The monoisotopic (exact) mass is 259 g/mol. The van der Waals surface area contributed by atoms with Crippen LogP contribution in [0.1, 0.15) is 12.5 Å². The summed E-state index contributed by atoms with van der Waals surface area (Å²) in [6.07, 6.45) is 4.71. The third-order valence-electron chi connectivity index (χ3n) is 2.73. The minimum absolute atomic E-state index is 0.121. The summed E-state index contributed by atoms with van der Waals surface area (Å²) >= 11 is 0. The van der Waals surface area contributed by atoms with Crippen molar-refractivity contribution >= 4 is 6.03 Å². The van der Waals surface area contributed by atoms with E-state index in [9.17, 15) is 4.79 Å². The van der Waals surface area contributed by atoms with Crippen LogP contribution in [0, 0.1) is 0 Å². The molecule has 0 N–H and O–H groups in total. The fraction of sp³-hybridized carbons (Fsp3) is 0.286. The Bertz CT molecular complexity index is 537. The lowest BCUT2D eigenvalue weighted by Gasteiger charge is -2.19. The van der Waals surface area contributed by atoms with Gasteiger partial charge in [0, 0.05) is 25.0 Å². The number of amides is 1. The zero-order valence-corrected chi connectivity index (χ0v) is 11.1. The maximum Gasteiger partial charge on any atom is 0.329 e. The number of imidazole rings is 1. The Hall–Kier alpha value is -2.30. The quantitative estimate of drug-likeness (QED) is 0.847. The van der Waals surface area contributed by atoms with Crippen molar-refractivity contribution in [1.29, 1.82) is 0 Å². The fourth-order valence-electron chi connectivity index (χ4n) is 1.82. The first-order chi connectivity index (χ1) is 9.22. The first-order valence-electron chi connectivity index (χ1n) is 6.16. The van der Waals surface area contributed by atoms with E-state index >= 15 is 0 Å². The molecule has 0 aliphatic carbocycles. The second-order valence-corrected chi connectivity index (χ2v) is 4.15. The molecule has 1 aromatic carbocycles. The van der Waals surface area contributed by atoms with Crippen LogP contribution in [-0.4, -0.2) is 34.1 Å². The highest BCUT2D eigenvalue weighted by Crippen LogP contribution is 2.19. The molecule has 1 aromatic heterocycles. The van der Waals surface area contributed by atoms with Gasteiger partial charge in [0.25, 0.3) is 0 Å². The van der Waals surface area contributed by atoms with E-state index in [4.69, 9.17) is 4.74 Å². The molecule has 1 heterocycles. The predicted octanol–water partition coefficient (Wildman–Crippen LogP) is 2.38. The third-order valence-corrected chi connectivity index (χ3v) is 2.73. The number of nitrogens with zero attached hydrogens (tertiary/aromatic N) is 3. The van der Waals surface area contributed by atoms with Crippen LogP contribution in [0.2, 0.25) is 0 Å². The van der Waals surface area contributed by atoms with E-state index in [2.05, 4.69) is 4.98 Å². The van der Waals surface area contributed by atoms with Gasteiger partial charge in [-0.3, -0.25) is 4.57 Å². The normalized spacial score (nSPS) is 10.2. The highest BCUT2D eigenvalue weighted by molar-refractivity contribution is 5.76. The lowest BCUT2D eigenvalue weighted by molar-refractivity contribution is 0.207. The minimum Gasteiger partial charge on any atom is -0.494 e. The number of hydrogen-bond acceptors (Lipinski definition) is 3. The Morgan fingerprint density at radius 3 is 2.89 bits per heavy atom. The third kappa shape index (κ3) is 3.13. The van der Waals surface area contributed by atoms with Crippen molar-refractivity contribution in [3.05, 3.63) is 48.5 Å². The van der Waals surface area contributed by atoms with E-state index in [0.717, 1.165) is 11.3 Å². The summed E-state index contributed by atoms with van der Waals surface area (Å²) in [4.78, 5) is 17.6. The van der Waals surface area contributed by atoms with Gasteiger partial charge < -0.3 is 9.64 Å². The van der Waals surface area contributed by atoms with Gasteiger partial charge in [0.1, 0.15) is 12.1 Å².